The predicted molar refractivity (Wildman–Crippen MR) is 87.3 cm³/mol. The van der Waals surface area contributed by atoms with E-state index in [4.69, 9.17) is 10.5 Å². The summed E-state index contributed by atoms with van der Waals surface area (Å²) >= 11 is 3.56. The molecule has 22 heavy (non-hydrogen) atoms. The van der Waals surface area contributed by atoms with Gasteiger partial charge in [-0.25, -0.2) is 9.97 Å². The van der Waals surface area contributed by atoms with Crippen molar-refractivity contribution in [3.63, 3.8) is 0 Å². The lowest BCUT2D eigenvalue weighted by Gasteiger charge is -2.25. The summed E-state index contributed by atoms with van der Waals surface area (Å²) in [6, 6.07) is 5.79. The molecular formula is C16H16BrN3O2. The highest BCUT2D eigenvalue weighted by atomic mass is 79.9. The SMILES string of the molecule is COc1ccc(Br)c(C2CC(=O)c3c(C)nc(N)nc3C2)c1. The molecule has 3 rings (SSSR count). The van der Waals surface area contributed by atoms with Crippen molar-refractivity contribution in [2.45, 2.75) is 25.7 Å². The predicted octanol–water partition coefficient (Wildman–Crippen LogP) is 3.05. The van der Waals surface area contributed by atoms with Crippen LogP contribution in [0, 0.1) is 6.92 Å². The van der Waals surface area contributed by atoms with Crippen LogP contribution < -0.4 is 10.5 Å². The van der Waals surface area contributed by atoms with Crippen molar-refractivity contribution >= 4 is 27.7 Å². The van der Waals surface area contributed by atoms with E-state index in [-0.39, 0.29) is 17.6 Å². The summed E-state index contributed by atoms with van der Waals surface area (Å²) in [5.74, 6) is 1.11. The lowest BCUT2D eigenvalue weighted by molar-refractivity contribution is 0.0962. The first-order valence-corrected chi connectivity index (χ1v) is 7.78. The fraction of sp³-hybridized carbons (Fsp3) is 0.312. The fourth-order valence-corrected chi connectivity index (χ4v) is 3.55. The number of carbonyl (C=O) groups excluding carboxylic acids is 1. The number of aryl methyl sites for hydroxylation is 1. The average molecular weight is 362 g/mol. The Bertz CT molecular complexity index is 761. The van der Waals surface area contributed by atoms with Gasteiger partial charge in [-0.05, 0) is 43.0 Å². The van der Waals surface area contributed by atoms with E-state index in [1.54, 1.807) is 14.0 Å². The van der Waals surface area contributed by atoms with Crippen LogP contribution >= 0.6 is 15.9 Å². The average Bonchev–Trinajstić information content (AvgIpc) is 2.46. The molecule has 1 unspecified atom stereocenters. The van der Waals surface area contributed by atoms with Crippen LogP contribution in [0.5, 0.6) is 5.75 Å². The number of aromatic nitrogens is 2. The highest BCUT2D eigenvalue weighted by molar-refractivity contribution is 9.10. The molecule has 1 aromatic carbocycles. The Kier molecular flexibility index (Phi) is 3.87. The number of anilines is 1. The molecular weight excluding hydrogens is 346 g/mol. The van der Waals surface area contributed by atoms with Gasteiger partial charge in [-0.1, -0.05) is 15.9 Å². The van der Waals surface area contributed by atoms with Gasteiger partial charge in [0.25, 0.3) is 0 Å². The van der Waals surface area contributed by atoms with E-state index in [0.717, 1.165) is 21.5 Å². The van der Waals surface area contributed by atoms with E-state index in [1.807, 2.05) is 18.2 Å². The maximum Gasteiger partial charge on any atom is 0.220 e. The largest absolute Gasteiger partial charge is 0.497 e. The van der Waals surface area contributed by atoms with Crippen molar-refractivity contribution in [1.82, 2.24) is 9.97 Å². The third-order valence-corrected chi connectivity index (χ3v) is 4.70. The third kappa shape index (κ3) is 2.59. The molecule has 114 valence electrons. The maximum atomic E-state index is 12.5. The molecule has 0 saturated heterocycles. The van der Waals surface area contributed by atoms with E-state index < -0.39 is 0 Å². The zero-order valence-corrected chi connectivity index (χ0v) is 14.0. The van der Waals surface area contributed by atoms with Crippen molar-refractivity contribution in [1.29, 1.82) is 0 Å². The van der Waals surface area contributed by atoms with Gasteiger partial charge in [0, 0.05) is 10.9 Å². The normalized spacial score (nSPS) is 17.2. The lowest BCUT2D eigenvalue weighted by atomic mass is 9.81. The second kappa shape index (κ2) is 5.68. The van der Waals surface area contributed by atoms with Gasteiger partial charge < -0.3 is 10.5 Å². The van der Waals surface area contributed by atoms with Gasteiger partial charge >= 0.3 is 0 Å². The van der Waals surface area contributed by atoms with E-state index in [1.165, 1.54) is 0 Å². The molecule has 0 bridgehead atoms. The molecule has 5 nitrogen and oxygen atoms in total. The first-order chi connectivity index (χ1) is 10.5. The van der Waals surface area contributed by atoms with Gasteiger partial charge in [0.2, 0.25) is 5.95 Å². The van der Waals surface area contributed by atoms with E-state index >= 15 is 0 Å². The van der Waals surface area contributed by atoms with Crippen molar-refractivity contribution < 1.29 is 9.53 Å². The minimum absolute atomic E-state index is 0.0539. The molecule has 1 aliphatic rings. The highest BCUT2D eigenvalue weighted by Crippen LogP contribution is 2.37. The number of nitrogens with two attached hydrogens (primary N) is 1. The molecule has 0 spiro atoms. The number of ketones is 1. The number of halogens is 1. The maximum absolute atomic E-state index is 12.5. The van der Waals surface area contributed by atoms with E-state index in [0.29, 0.717) is 24.1 Å². The van der Waals surface area contributed by atoms with E-state index in [9.17, 15) is 4.79 Å². The number of nitrogen functional groups attached to an aromatic ring is 1. The van der Waals surface area contributed by atoms with Crippen LogP contribution in [0.4, 0.5) is 5.95 Å². The van der Waals surface area contributed by atoms with Gasteiger partial charge in [-0.2, -0.15) is 0 Å². The van der Waals surface area contributed by atoms with Crippen molar-refractivity contribution in [3.8, 4) is 5.75 Å². The van der Waals surface area contributed by atoms with Crippen LogP contribution in [0.2, 0.25) is 0 Å². The number of hydrogen-bond acceptors (Lipinski definition) is 5. The Morgan fingerprint density at radius 2 is 2.09 bits per heavy atom. The molecule has 0 amide bonds. The van der Waals surface area contributed by atoms with Crippen molar-refractivity contribution in [2.24, 2.45) is 0 Å². The standard InChI is InChI=1S/C16H16BrN3O2/c1-8-15-13(20-16(18)19-8)5-9(6-14(15)21)11-7-10(22-2)3-4-12(11)17/h3-4,7,9H,5-6H2,1-2H3,(H2,18,19,20). The Morgan fingerprint density at radius 3 is 2.82 bits per heavy atom. The topological polar surface area (TPSA) is 78.1 Å². The van der Waals surface area contributed by atoms with E-state index in [2.05, 4.69) is 25.9 Å². The molecule has 0 fully saturated rings. The number of methoxy groups -OCH3 is 1. The monoisotopic (exact) mass is 361 g/mol. The molecule has 0 saturated carbocycles. The number of fused-ring (bicyclic) bond motifs is 1. The first kappa shape index (κ1) is 15.0. The molecule has 1 aliphatic carbocycles. The molecule has 6 heteroatoms. The molecule has 1 aromatic heterocycles. The van der Waals surface area contributed by atoms with Gasteiger partial charge in [0.1, 0.15) is 5.75 Å². The number of Topliss-reactive ketones (excluding diaryl/α,β-unsaturated/α-hetero) is 1. The summed E-state index contributed by atoms with van der Waals surface area (Å²) < 4.78 is 6.25. The van der Waals surface area contributed by atoms with Crippen LogP contribution in [-0.4, -0.2) is 22.9 Å². The smallest absolute Gasteiger partial charge is 0.220 e. The second-order valence-corrected chi connectivity index (χ2v) is 6.26. The Labute approximate surface area is 137 Å². The Hall–Kier alpha value is -1.95. The highest BCUT2D eigenvalue weighted by Gasteiger charge is 2.30. The number of benzene rings is 1. The van der Waals surface area contributed by atoms with Crippen molar-refractivity contribution in [2.75, 3.05) is 12.8 Å². The number of hydrogen-bond donors (Lipinski definition) is 1. The minimum atomic E-state index is 0.0539. The molecule has 2 aromatic rings. The summed E-state index contributed by atoms with van der Waals surface area (Å²) in [5.41, 5.74) is 8.80. The van der Waals surface area contributed by atoms with Gasteiger partial charge in [-0.15, -0.1) is 0 Å². The van der Waals surface area contributed by atoms with Crippen LogP contribution in [-0.2, 0) is 6.42 Å². The summed E-state index contributed by atoms with van der Waals surface area (Å²) in [7, 11) is 1.63. The molecule has 1 atom stereocenters. The molecule has 1 heterocycles. The van der Waals surface area contributed by atoms with Crippen LogP contribution in [0.3, 0.4) is 0 Å². The lowest BCUT2D eigenvalue weighted by Crippen LogP contribution is -2.23. The van der Waals surface area contributed by atoms with Gasteiger partial charge in [0.05, 0.1) is 24.1 Å². The first-order valence-electron chi connectivity index (χ1n) is 6.99. The quantitative estimate of drug-likeness (QED) is 0.889. The summed E-state index contributed by atoms with van der Waals surface area (Å²) in [5, 5.41) is 0. The zero-order valence-electron chi connectivity index (χ0n) is 12.4. The number of rotatable bonds is 2. The zero-order chi connectivity index (χ0) is 15.9. The number of ether oxygens (including phenoxy) is 1. The Balaban J connectivity index is 2.04. The summed E-state index contributed by atoms with van der Waals surface area (Å²) in [6.07, 6.45) is 1.10. The number of carbonyl (C=O) groups is 1. The van der Waals surface area contributed by atoms with Crippen LogP contribution in [0.1, 0.15) is 39.6 Å². The molecule has 0 aliphatic heterocycles. The van der Waals surface area contributed by atoms with Gasteiger partial charge in [0.15, 0.2) is 5.78 Å². The third-order valence-electron chi connectivity index (χ3n) is 3.98. The molecule has 0 radical (unpaired) electrons. The summed E-state index contributed by atoms with van der Waals surface area (Å²) in [6.45, 7) is 1.80. The summed E-state index contributed by atoms with van der Waals surface area (Å²) in [4.78, 5) is 20.9. The second-order valence-electron chi connectivity index (χ2n) is 5.40. The number of nitrogens with zero attached hydrogens (tertiary/aromatic N) is 2. The Morgan fingerprint density at radius 1 is 1.32 bits per heavy atom. The van der Waals surface area contributed by atoms with Crippen molar-refractivity contribution in [3.05, 3.63) is 45.2 Å². The van der Waals surface area contributed by atoms with Gasteiger partial charge in [-0.3, -0.25) is 4.79 Å². The minimum Gasteiger partial charge on any atom is -0.497 e. The molecule has 2 N–H and O–H groups in total. The van der Waals surface area contributed by atoms with Crippen LogP contribution in [0.25, 0.3) is 0 Å². The van der Waals surface area contributed by atoms with Crippen LogP contribution in [0.15, 0.2) is 22.7 Å². The fourth-order valence-electron chi connectivity index (χ4n) is 2.98.